The highest BCUT2D eigenvalue weighted by molar-refractivity contribution is 6.02. The number of carbonyl (C=O) groups excluding carboxylic acids is 2. The summed E-state index contributed by atoms with van der Waals surface area (Å²) in [6.07, 6.45) is 0.549. The van der Waals surface area contributed by atoms with Crippen LogP contribution >= 0.6 is 0 Å². The van der Waals surface area contributed by atoms with E-state index in [4.69, 9.17) is 4.74 Å². The molecule has 1 N–H and O–H groups in total. The van der Waals surface area contributed by atoms with Crippen LogP contribution in [0.5, 0.6) is 5.75 Å². The average Bonchev–Trinajstić information content (AvgIpc) is 2.59. The molecule has 2 bridgehead atoms. The first-order valence-corrected chi connectivity index (χ1v) is 8.95. The van der Waals surface area contributed by atoms with Crippen molar-refractivity contribution in [1.29, 1.82) is 0 Å². The van der Waals surface area contributed by atoms with Crippen molar-refractivity contribution in [2.24, 2.45) is 5.92 Å². The molecule has 3 atom stereocenters. The van der Waals surface area contributed by atoms with Gasteiger partial charge < -0.3 is 19.6 Å². The Morgan fingerprint density at radius 1 is 1.36 bits per heavy atom. The van der Waals surface area contributed by atoms with Crippen LogP contribution in [0.25, 0.3) is 0 Å². The number of aliphatic hydroxyl groups is 1. The predicted octanol–water partition coefficient (Wildman–Crippen LogP) is 1.59. The van der Waals surface area contributed by atoms with Gasteiger partial charge in [0.1, 0.15) is 11.7 Å². The highest BCUT2D eigenvalue weighted by Gasteiger charge is 2.56. The lowest BCUT2D eigenvalue weighted by atomic mass is 9.73. The first kappa shape index (κ1) is 17.7. The number of aliphatic hydroxyl groups excluding tert-OH is 1. The first-order valence-electron chi connectivity index (χ1n) is 8.95. The second kappa shape index (κ2) is 6.67. The Morgan fingerprint density at radius 2 is 2.04 bits per heavy atom. The molecule has 2 amide bonds. The molecule has 0 saturated carbocycles. The van der Waals surface area contributed by atoms with E-state index in [1.165, 1.54) is 4.90 Å². The van der Waals surface area contributed by atoms with E-state index >= 15 is 0 Å². The molecule has 25 heavy (non-hydrogen) atoms. The van der Waals surface area contributed by atoms with Crippen LogP contribution in [0.3, 0.4) is 0 Å². The molecule has 3 rings (SSSR count). The van der Waals surface area contributed by atoms with E-state index in [2.05, 4.69) is 0 Å². The van der Waals surface area contributed by atoms with E-state index in [-0.39, 0.29) is 30.9 Å². The minimum absolute atomic E-state index is 0.137. The molecule has 6 heteroatoms. The maximum absolute atomic E-state index is 13.2. The van der Waals surface area contributed by atoms with Crippen molar-refractivity contribution in [2.75, 3.05) is 26.2 Å². The molecule has 2 aliphatic heterocycles. The van der Waals surface area contributed by atoms with Gasteiger partial charge in [-0.15, -0.1) is 0 Å². The SMILES string of the molecule is CCN(CC)C(=O)[C@@H]1C(=O)N(CCO)[C@@]2(C)C[C@@H]1c1ccccc1O2. The number of para-hydroxylation sites is 1. The maximum atomic E-state index is 13.2. The molecule has 2 aliphatic rings. The van der Waals surface area contributed by atoms with Crippen LogP contribution in [-0.2, 0) is 9.59 Å². The number of nitrogens with zero attached hydrogens (tertiary/aromatic N) is 2. The second-order valence-electron chi connectivity index (χ2n) is 6.83. The van der Waals surface area contributed by atoms with Crippen LogP contribution in [-0.4, -0.2) is 58.7 Å². The van der Waals surface area contributed by atoms with E-state index in [1.54, 1.807) is 4.90 Å². The van der Waals surface area contributed by atoms with Gasteiger partial charge in [0.2, 0.25) is 11.8 Å². The molecule has 0 aliphatic carbocycles. The van der Waals surface area contributed by atoms with Gasteiger partial charge in [-0.3, -0.25) is 9.59 Å². The number of likely N-dealkylation sites (tertiary alicyclic amines) is 1. The molecule has 6 nitrogen and oxygen atoms in total. The molecule has 0 aromatic heterocycles. The lowest BCUT2D eigenvalue weighted by Crippen LogP contribution is -2.65. The van der Waals surface area contributed by atoms with Gasteiger partial charge in [0.15, 0.2) is 5.72 Å². The molecular formula is C19H26N2O4. The number of hydrogen-bond acceptors (Lipinski definition) is 4. The number of hydrogen-bond donors (Lipinski definition) is 1. The topological polar surface area (TPSA) is 70.1 Å². The van der Waals surface area contributed by atoms with Gasteiger partial charge in [0.05, 0.1) is 6.61 Å². The van der Waals surface area contributed by atoms with Crippen LogP contribution in [0.2, 0.25) is 0 Å². The van der Waals surface area contributed by atoms with E-state index in [0.717, 1.165) is 5.56 Å². The zero-order chi connectivity index (χ0) is 18.2. The summed E-state index contributed by atoms with van der Waals surface area (Å²) in [6, 6.07) is 7.62. The number of fused-ring (bicyclic) bond motifs is 4. The van der Waals surface area contributed by atoms with Crippen LogP contribution in [0.15, 0.2) is 24.3 Å². The van der Waals surface area contributed by atoms with Crippen molar-refractivity contribution in [1.82, 2.24) is 9.80 Å². The summed E-state index contributed by atoms with van der Waals surface area (Å²) < 4.78 is 6.14. The standard InChI is InChI=1S/C19H26N2O4/c1-4-20(5-2)17(23)16-14-12-19(3,21(10-11-22)18(16)24)25-15-9-7-6-8-13(14)15/h6-9,14,16,22H,4-5,10-12H2,1-3H3/t14-,16-,19-/m1/s1. The second-order valence-corrected chi connectivity index (χ2v) is 6.83. The Balaban J connectivity index is 2.09. The van der Waals surface area contributed by atoms with Gasteiger partial charge in [0.25, 0.3) is 0 Å². The van der Waals surface area contributed by atoms with E-state index < -0.39 is 11.6 Å². The van der Waals surface area contributed by atoms with Crippen molar-refractivity contribution in [3.63, 3.8) is 0 Å². The van der Waals surface area contributed by atoms with Crippen molar-refractivity contribution < 1.29 is 19.4 Å². The van der Waals surface area contributed by atoms with Crippen LogP contribution in [0, 0.1) is 5.92 Å². The summed E-state index contributed by atoms with van der Waals surface area (Å²) in [7, 11) is 0. The Hall–Kier alpha value is -2.08. The minimum Gasteiger partial charge on any atom is -0.468 e. The van der Waals surface area contributed by atoms with Crippen molar-refractivity contribution in [3.8, 4) is 5.75 Å². The zero-order valence-corrected chi connectivity index (χ0v) is 15.1. The molecule has 136 valence electrons. The quantitative estimate of drug-likeness (QED) is 0.822. The predicted molar refractivity (Wildman–Crippen MR) is 93.0 cm³/mol. The molecule has 2 heterocycles. The summed E-state index contributed by atoms with van der Waals surface area (Å²) in [6.45, 7) is 6.84. The van der Waals surface area contributed by atoms with Gasteiger partial charge in [-0.25, -0.2) is 0 Å². The maximum Gasteiger partial charge on any atom is 0.238 e. The van der Waals surface area contributed by atoms with Gasteiger partial charge in [-0.2, -0.15) is 0 Å². The minimum atomic E-state index is -0.834. The van der Waals surface area contributed by atoms with Crippen molar-refractivity contribution >= 4 is 11.8 Å². The number of ether oxygens (including phenoxy) is 1. The molecular weight excluding hydrogens is 320 g/mol. The normalized spacial score (nSPS) is 27.5. The molecule has 0 radical (unpaired) electrons. The molecule has 0 unspecified atom stereocenters. The van der Waals surface area contributed by atoms with E-state index in [9.17, 15) is 14.7 Å². The van der Waals surface area contributed by atoms with Crippen LogP contribution in [0.1, 0.15) is 38.7 Å². The Bertz CT molecular complexity index is 673. The summed E-state index contributed by atoms with van der Waals surface area (Å²) in [5, 5.41) is 9.42. The fourth-order valence-electron chi connectivity index (χ4n) is 4.17. The zero-order valence-electron chi connectivity index (χ0n) is 15.1. The number of carbonyl (C=O) groups is 2. The number of piperidine rings is 1. The summed E-state index contributed by atoms with van der Waals surface area (Å²) in [5.74, 6) is -0.634. The summed E-state index contributed by atoms with van der Waals surface area (Å²) >= 11 is 0. The Morgan fingerprint density at radius 3 is 2.68 bits per heavy atom. The lowest BCUT2D eigenvalue weighted by molar-refractivity contribution is -0.179. The molecule has 1 aromatic rings. The van der Waals surface area contributed by atoms with E-state index in [0.29, 0.717) is 25.3 Å². The number of benzene rings is 1. The lowest BCUT2D eigenvalue weighted by Gasteiger charge is -2.53. The van der Waals surface area contributed by atoms with Gasteiger partial charge in [-0.05, 0) is 32.4 Å². The third kappa shape index (κ3) is 2.78. The third-order valence-corrected chi connectivity index (χ3v) is 5.42. The third-order valence-electron chi connectivity index (χ3n) is 5.42. The monoisotopic (exact) mass is 346 g/mol. The highest BCUT2D eigenvalue weighted by atomic mass is 16.5. The first-order chi connectivity index (χ1) is 12.0. The van der Waals surface area contributed by atoms with Gasteiger partial charge >= 0.3 is 0 Å². The van der Waals surface area contributed by atoms with Crippen molar-refractivity contribution in [3.05, 3.63) is 29.8 Å². The van der Waals surface area contributed by atoms with Gasteiger partial charge in [0, 0.05) is 32.0 Å². The largest absolute Gasteiger partial charge is 0.468 e. The smallest absolute Gasteiger partial charge is 0.238 e. The molecule has 1 saturated heterocycles. The Labute approximate surface area is 148 Å². The average molecular weight is 346 g/mol. The fraction of sp³-hybridized carbons (Fsp3) is 0.579. The number of rotatable bonds is 5. The summed E-state index contributed by atoms with van der Waals surface area (Å²) in [4.78, 5) is 29.6. The molecule has 1 aromatic carbocycles. The fourth-order valence-corrected chi connectivity index (χ4v) is 4.17. The number of amides is 2. The Kier molecular flexibility index (Phi) is 4.73. The van der Waals surface area contributed by atoms with Gasteiger partial charge in [-0.1, -0.05) is 18.2 Å². The van der Waals surface area contributed by atoms with E-state index in [1.807, 2.05) is 45.0 Å². The molecule has 1 fully saturated rings. The molecule has 0 spiro atoms. The van der Waals surface area contributed by atoms with Crippen LogP contribution in [0.4, 0.5) is 0 Å². The van der Waals surface area contributed by atoms with Crippen molar-refractivity contribution in [2.45, 2.75) is 38.8 Å². The summed E-state index contributed by atoms with van der Waals surface area (Å²) in [5.41, 5.74) is 0.0845. The number of β-amino-alcohol motifs (C(OH)–C–C–N with tert-alkyl or cyclic N) is 1. The highest BCUT2D eigenvalue weighted by Crippen LogP contribution is 2.50. The van der Waals surface area contributed by atoms with Crippen LogP contribution < -0.4 is 4.74 Å².